The molecule has 5 heteroatoms. The standard InChI is InChI=1S/C19H18BrNO3/c1-12-3-5-14(6-4-12)11-21-17-8-7-15(20)9-16(17)19(24,18(21)23)10-13(2)22/h3-9,24H,10-11H2,1-2H3/t19-/m1/s1. The number of nitrogens with zero attached hydrogens (tertiary/aromatic N) is 1. The summed E-state index contributed by atoms with van der Waals surface area (Å²) in [7, 11) is 0. The molecule has 0 saturated carbocycles. The Morgan fingerprint density at radius 1 is 1.21 bits per heavy atom. The second kappa shape index (κ2) is 6.15. The molecule has 1 atom stereocenters. The molecule has 1 aliphatic heterocycles. The number of Topliss-reactive ketones (excluding diaryl/α,β-unsaturated/α-hetero) is 1. The Bertz CT molecular complexity index is 816. The minimum absolute atomic E-state index is 0.223. The number of fused-ring (bicyclic) bond motifs is 1. The third kappa shape index (κ3) is 2.89. The van der Waals surface area contributed by atoms with Crippen LogP contribution in [0, 0.1) is 6.92 Å². The highest BCUT2D eigenvalue weighted by molar-refractivity contribution is 9.10. The molecule has 0 aromatic heterocycles. The summed E-state index contributed by atoms with van der Waals surface area (Å²) in [6, 6.07) is 13.2. The lowest BCUT2D eigenvalue weighted by molar-refractivity contribution is -0.141. The molecule has 2 aromatic carbocycles. The molecule has 1 heterocycles. The molecule has 24 heavy (non-hydrogen) atoms. The summed E-state index contributed by atoms with van der Waals surface area (Å²) in [6.07, 6.45) is -0.223. The van der Waals surface area contributed by atoms with Gasteiger partial charge in [-0.05, 0) is 37.6 Å². The van der Waals surface area contributed by atoms with Gasteiger partial charge in [0.15, 0.2) is 5.60 Å². The largest absolute Gasteiger partial charge is 0.375 e. The van der Waals surface area contributed by atoms with E-state index in [0.717, 1.165) is 15.6 Å². The molecule has 0 radical (unpaired) electrons. The van der Waals surface area contributed by atoms with Crippen molar-refractivity contribution in [2.45, 2.75) is 32.4 Å². The van der Waals surface area contributed by atoms with Gasteiger partial charge in [-0.1, -0.05) is 45.8 Å². The van der Waals surface area contributed by atoms with Gasteiger partial charge >= 0.3 is 0 Å². The van der Waals surface area contributed by atoms with E-state index in [1.165, 1.54) is 6.92 Å². The Morgan fingerprint density at radius 2 is 1.88 bits per heavy atom. The third-order valence-corrected chi connectivity index (χ3v) is 4.75. The fraction of sp³-hybridized carbons (Fsp3) is 0.263. The summed E-state index contributed by atoms with van der Waals surface area (Å²) in [5.74, 6) is -0.680. The molecule has 3 rings (SSSR count). The van der Waals surface area contributed by atoms with E-state index in [1.807, 2.05) is 37.3 Å². The Morgan fingerprint density at radius 3 is 2.50 bits per heavy atom. The van der Waals surface area contributed by atoms with Gasteiger partial charge in [0.1, 0.15) is 5.78 Å². The number of carbonyl (C=O) groups excluding carboxylic acids is 2. The molecule has 1 N–H and O–H groups in total. The topological polar surface area (TPSA) is 57.6 Å². The monoisotopic (exact) mass is 387 g/mol. The van der Waals surface area contributed by atoms with Crippen molar-refractivity contribution in [2.75, 3.05) is 4.90 Å². The lowest BCUT2D eigenvalue weighted by Crippen LogP contribution is -2.41. The number of hydrogen-bond donors (Lipinski definition) is 1. The van der Waals surface area contributed by atoms with Crippen LogP contribution < -0.4 is 4.90 Å². The van der Waals surface area contributed by atoms with Gasteiger partial charge in [0.25, 0.3) is 5.91 Å². The normalized spacial score (nSPS) is 19.5. The molecular weight excluding hydrogens is 370 g/mol. The van der Waals surface area contributed by atoms with Crippen LogP contribution >= 0.6 is 15.9 Å². The molecule has 2 aromatic rings. The molecule has 0 spiro atoms. The van der Waals surface area contributed by atoms with E-state index >= 15 is 0 Å². The molecule has 0 saturated heterocycles. The summed E-state index contributed by atoms with van der Waals surface area (Å²) in [6.45, 7) is 3.74. The lowest BCUT2D eigenvalue weighted by Gasteiger charge is -2.22. The quantitative estimate of drug-likeness (QED) is 0.873. The Balaban J connectivity index is 2.04. The van der Waals surface area contributed by atoms with Crippen LogP contribution in [0.5, 0.6) is 0 Å². The van der Waals surface area contributed by atoms with Crippen LogP contribution in [0.2, 0.25) is 0 Å². The fourth-order valence-electron chi connectivity index (χ4n) is 3.09. The second-order valence-electron chi connectivity index (χ2n) is 6.28. The minimum Gasteiger partial charge on any atom is -0.375 e. The Labute approximate surface area is 149 Å². The summed E-state index contributed by atoms with van der Waals surface area (Å²) in [5.41, 5.74) is 1.44. The number of amides is 1. The number of aryl methyl sites for hydroxylation is 1. The highest BCUT2D eigenvalue weighted by Gasteiger charge is 2.50. The fourth-order valence-corrected chi connectivity index (χ4v) is 3.45. The van der Waals surface area contributed by atoms with Crippen molar-refractivity contribution in [3.8, 4) is 0 Å². The van der Waals surface area contributed by atoms with Gasteiger partial charge in [-0.3, -0.25) is 9.59 Å². The molecule has 0 aliphatic carbocycles. The number of benzene rings is 2. The molecule has 1 aliphatic rings. The van der Waals surface area contributed by atoms with Crippen molar-refractivity contribution < 1.29 is 14.7 Å². The molecular formula is C19H18BrNO3. The van der Waals surface area contributed by atoms with Crippen molar-refractivity contribution in [1.82, 2.24) is 0 Å². The lowest BCUT2D eigenvalue weighted by atomic mass is 9.90. The van der Waals surface area contributed by atoms with E-state index in [1.54, 1.807) is 17.0 Å². The zero-order valence-corrected chi connectivity index (χ0v) is 15.1. The van der Waals surface area contributed by atoms with E-state index < -0.39 is 11.5 Å². The molecule has 0 bridgehead atoms. The van der Waals surface area contributed by atoms with Crippen molar-refractivity contribution in [2.24, 2.45) is 0 Å². The van der Waals surface area contributed by atoms with E-state index in [9.17, 15) is 14.7 Å². The minimum atomic E-state index is -1.80. The average molecular weight is 388 g/mol. The maximum Gasteiger partial charge on any atom is 0.264 e. The van der Waals surface area contributed by atoms with Crippen LogP contribution in [-0.4, -0.2) is 16.8 Å². The summed E-state index contributed by atoms with van der Waals surface area (Å²) in [5, 5.41) is 11.0. The molecule has 4 nitrogen and oxygen atoms in total. The van der Waals surface area contributed by atoms with Crippen molar-refractivity contribution >= 4 is 33.3 Å². The van der Waals surface area contributed by atoms with Gasteiger partial charge < -0.3 is 10.0 Å². The zero-order chi connectivity index (χ0) is 17.5. The van der Waals surface area contributed by atoms with Crippen LogP contribution in [0.3, 0.4) is 0 Å². The summed E-state index contributed by atoms with van der Waals surface area (Å²) in [4.78, 5) is 26.1. The average Bonchev–Trinajstić information content (AvgIpc) is 2.71. The highest BCUT2D eigenvalue weighted by Crippen LogP contribution is 2.44. The number of anilines is 1. The molecule has 124 valence electrons. The predicted molar refractivity (Wildman–Crippen MR) is 95.7 cm³/mol. The highest BCUT2D eigenvalue weighted by atomic mass is 79.9. The van der Waals surface area contributed by atoms with Gasteiger partial charge in [-0.15, -0.1) is 0 Å². The van der Waals surface area contributed by atoms with E-state index in [2.05, 4.69) is 15.9 Å². The second-order valence-corrected chi connectivity index (χ2v) is 7.19. The molecule has 1 amide bonds. The van der Waals surface area contributed by atoms with Crippen LogP contribution in [0.25, 0.3) is 0 Å². The maximum absolute atomic E-state index is 12.9. The van der Waals surface area contributed by atoms with Crippen LogP contribution in [0.4, 0.5) is 5.69 Å². The number of ketones is 1. The number of hydrogen-bond acceptors (Lipinski definition) is 3. The Kier molecular flexibility index (Phi) is 4.32. The van der Waals surface area contributed by atoms with Gasteiger partial charge in [0.2, 0.25) is 0 Å². The number of rotatable bonds is 4. The van der Waals surface area contributed by atoms with Gasteiger partial charge in [-0.2, -0.15) is 0 Å². The number of aliphatic hydroxyl groups is 1. The smallest absolute Gasteiger partial charge is 0.264 e. The first kappa shape index (κ1) is 16.9. The van der Waals surface area contributed by atoms with Crippen molar-refractivity contribution in [3.63, 3.8) is 0 Å². The van der Waals surface area contributed by atoms with Crippen LogP contribution in [0.15, 0.2) is 46.9 Å². The first-order valence-corrected chi connectivity index (χ1v) is 8.50. The number of carbonyl (C=O) groups is 2. The van der Waals surface area contributed by atoms with E-state index in [0.29, 0.717) is 17.8 Å². The van der Waals surface area contributed by atoms with Crippen LogP contribution in [-0.2, 0) is 21.7 Å². The van der Waals surface area contributed by atoms with Gasteiger partial charge in [0.05, 0.1) is 12.2 Å². The van der Waals surface area contributed by atoms with E-state index in [-0.39, 0.29) is 12.2 Å². The first-order chi connectivity index (χ1) is 11.3. The van der Waals surface area contributed by atoms with Gasteiger partial charge in [-0.25, -0.2) is 0 Å². The number of halogens is 1. The third-order valence-electron chi connectivity index (χ3n) is 4.26. The summed E-state index contributed by atoms with van der Waals surface area (Å²) < 4.78 is 0.758. The SMILES string of the molecule is CC(=O)C[C@]1(O)C(=O)N(Cc2ccc(C)cc2)c2ccc(Br)cc21. The van der Waals surface area contributed by atoms with Crippen LogP contribution in [0.1, 0.15) is 30.0 Å². The van der Waals surface area contributed by atoms with Gasteiger partial charge in [0, 0.05) is 16.5 Å². The molecule has 0 unspecified atom stereocenters. The zero-order valence-electron chi connectivity index (χ0n) is 13.5. The van der Waals surface area contributed by atoms with Crippen molar-refractivity contribution in [1.29, 1.82) is 0 Å². The van der Waals surface area contributed by atoms with Crippen molar-refractivity contribution in [3.05, 3.63) is 63.6 Å². The van der Waals surface area contributed by atoms with E-state index in [4.69, 9.17) is 0 Å². The Hall–Kier alpha value is -1.98. The maximum atomic E-state index is 12.9. The molecule has 0 fully saturated rings. The summed E-state index contributed by atoms with van der Waals surface area (Å²) >= 11 is 3.37. The first-order valence-electron chi connectivity index (χ1n) is 7.70. The predicted octanol–water partition coefficient (Wildman–Crippen LogP) is 3.47.